The van der Waals surface area contributed by atoms with Gasteiger partial charge in [-0.3, -0.25) is 0 Å². The maximum absolute atomic E-state index is 11.1. The van der Waals surface area contributed by atoms with E-state index in [4.69, 9.17) is 9.53 Å². The van der Waals surface area contributed by atoms with Crippen LogP contribution in [0.1, 0.15) is 27.2 Å². The quantitative estimate of drug-likeness (QED) is 0.230. The Morgan fingerprint density at radius 1 is 0.848 bits per heavy atom. The molecular weight excluding hydrogens is 504 g/mol. The van der Waals surface area contributed by atoms with Gasteiger partial charge in [-0.25, -0.2) is 0 Å². The molecule has 0 bridgehead atoms. The smallest absolute Gasteiger partial charge is 0.261 e. The van der Waals surface area contributed by atoms with Gasteiger partial charge in [0.15, 0.2) is 0 Å². The first-order valence-corrected chi connectivity index (χ1v) is 13.5. The second-order valence-corrected chi connectivity index (χ2v) is 13.7. The fraction of sp³-hybridized carbons (Fsp3) is 0.440. The Hall–Kier alpha value is -1.54. The Balaban J connectivity index is 2.64. The van der Waals surface area contributed by atoms with Crippen LogP contribution in [0.4, 0.5) is 0 Å². The van der Waals surface area contributed by atoms with Crippen LogP contribution in [-0.2, 0) is 4.43 Å². The Morgan fingerprint density at radius 2 is 1.33 bits per heavy atom. The van der Waals surface area contributed by atoms with Crippen LogP contribution in [0.2, 0.25) is 5.04 Å². The number of aliphatic hydroxyl groups is 5. The molecule has 0 radical (unpaired) electrons. The summed E-state index contributed by atoms with van der Waals surface area (Å²) in [6.45, 7) is 5.49. The van der Waals surface area contributed by atoms with E-state index >= 15 is 0 Å². The van der Waals surface area contributed by atoms with Crippen LogP contribution in [0.15, 0.2) is 60.7 Å². The zero-order valence-corrected chi connectivity index (χ0v) is 21.7. The van der Waals surface area contributed by atoms with E-state index in [-0.39, 0.29) is 11.5 Å². The highest BCUT2D eigenvalue weighted by Crippen LogP contribution is 2.38. The standard InChI is InChI=1S/C25H33BrO6Si/c1-25(2,3)33(18-11-6-4-7-12-18,19-13-8-5-9-14-19)32-21(15-10-16-26)23(30)24(31)22(29)20(28)17-27/h4-9,11-14,20-24,27-31H,15,17H2,1-3H3/t20-,21+,22-,23?,24+/m1/s1. The largest absolute Gasteiger partial charge is 0.401 e. The molecule has 8 heteroatoms. The number of rotatable bonds is 10. The number of halogens is 1. The monoisotopic (exact) mass is 536 g/mol. The second-order valence-electron chi connectivity index (χ2n) is 9.02. The minimum Gasteiger partial charge on any atom is -0.401 e. The van der Waals surface area contributed by atoms with Crippen molar-refractivity contribution in [3.05, 3.63) is 60.7 Å². The van der Waals surface area contributed by atoms with Gasteiger partial charge >= 0.3 is 0 Å². The summed E-state index contributed by atoms with van der Waals surface area (Å²) in [7, 11) is -3.09. The SMILES string of the molecule is CC(C)(C)[Si](O[C@@H](CC#CBr)C(O)[C@@H](O)[C@H](O)[C@H](O)CO)(c1ccccc1)c1ccccc1. The third kappa shape index (κ3) is 6.32. The van der Waals surface area contributed by atoms with E-state index in [9.17, 15) is 20.4 Å². The molecule has 0 aromatic heterocycles. The average molecular weight is 538 g/mol. The van der Waals surface area contributed by atoms with Crippen molar-refractivity contribution in [2.45, 2.75) is 62.8 Å². The zero-order valence-electron chi connectivity index (χ0n) is 19.1. The Morgan fingerprint density at radius 3 is 1.73 bits per heavy atom. The molecule has 1 unspecified atom stereocenters. The lowest BCUT2D eigenvalue weighted by atomic mass is 9.98. The van der Waals surface area contributed by atoms with Crippen LogP contribution in [-0.4, -0.2) is 71.0 Å². The first-order chi connectivity index (χ1) is 15.6. The molecule has 2 aromatic rings. The normalized spacial score (nSPS) is 16.8. The Bertz CT molecular complexity index is 870. The molecule has 5 atom stereocenters. The van der Waals surface area contributed by atoms with Gasteiger partial charge in [0.1, 0.15) is 24.4 Å². The summed E-state index contributed by atoms with van der Waals surface area (Å²) in [5.74, 6) is 2.84. The van der Waals surface area contributed by atoms with Crippen LogP contribution in [0.25, 0.3) is 0 Å². The van der Waals surface area contributed by atoms with Gasteiger partial charge in [0.2, 0.25) is 0 Å². The predicted molar refractivity (Wildman–Crippen MR) is 135 cm³/mol. The van der Waals surface area contributed by atoms with E-state index in [1.807, 2.05) is 60.7 Å². The molecule has 5 N–H and O–H groups in total. The summed E-state index contributed by atoms with van der Waals surface area (Å²) in [5.41, 5.74) is 0. The van der Waals surface area contributed by atoms with Gasteiger partial charge in [-0.15, -0.1) is 0 Å². The molecule has 2 rings (SSSR count). The number of benzene rings is 2. The molecule has 6 nitrogen and oxygen atoms in total. The van der Waals surface area contributed by atoms with Crippen molar-refractivity contribution in [3.63, 3.8) is 0 Å². The third-order valence-electron chi connectivity index (χ3n) is 5.78. The molecular formula is C25H33BrO6Si. The van der Waals surface area contributed by atoms with Crippen LogP contribution >= 0.6 is 15.9 Å². The van der Waals surface area contributed by atoms with Crippen molar-refractivity contribution in [1.29, 1.82) is 0 Å². The average Bonchev–Trinajstić information content (AvgIpc) is 2.82. The molecule has 0 aliphatic rings. The third-order valence-corrected chi connectivity index (χ3v) is 11.1. The first-order valence-electron chi connectivity index (χ1n) is 10.8. The number of aliphatic hydroxyl groups excluding tert-OH is 5. The van der Waals surface area contributed by atoms with E-state index in [0.717, 1.165) is 10.4 Å². The lowest BCUT2D eigenvalue weighted by Gasteiger charge is -2.46. The summed E-state index contributed by atoms with van der Waals surface area (Å²) in [6.07, 6.45) is -7.62. The first kappa shape index (κ1) is 27.7. The van der Waals surface area contributed by atoms with Gasteiger partial charge in [0.05, 0.1) is 12.7 Å². The van der Waals surface area contributed by atoms with Crippen molar-refractivity contribution in [2.24, 2.45) is 0 Å². The van der Waals surface area contributed by atoms with Crippen LogP contribution < -0.4 is 10.4 Å². The number of hydrogen-bond donors (Lipinski definition) is 5. The van der Waals surface area contributed by atoms with Crippen molar-refractivity contribution in [2.75, 3.05) is 6.61 Å². The molecule has 0 saturated heterocycles. The van der Waals surface area contributed by atoms with Gasteiger partial charge in [0, 0.05) is 22.4 Å². The summed E-state index contributed by atoms with van der Waals surface area (Å²) < 4.78 is 6.87. The van der Waals surface area contributed by atoms with Gasteiger partial charge in [0.25, 0.3) is 8.32 Å². The van der Waals surface area contributed by atoms with Crippen molar-refractivity contribution in [1.82, 2.24) is 0 Å². The van der Waals surface area contributed by atoms with Gasteiger partial charge < -0.3 is 30.0 Å². The topological polar surface area (TPSA) is 110 Å². The molecule has 0 aliphatic carbocycles. The lowest BCUT2D eigenvalue weighted by Crippen LogP contribution is -2.69. The molecule has 0 fully saturated rings. The number of hydrogen-bond acceptors (Lipinski definition) is 6. The van der Waals surface area contributed by atoms with Crippen molar-refractivity contribution < 1.29 is 30.0 Å². The highest BCUT2D eigenvalue weighted by molar-refractivity contribution is 9.12. The Labute approximate surface area is 205 Å². The van der Waals surface area contributed by atoms with Gasteiger partial charge in [-0.2, -0.15) is 0 Å². The van der Waals surface area contributed by atoms with Gasteiger partial charge in [-0.1, -0.05) is 87.4 Å². The van der Waals surface area contributed by atoms with Gasteiger partial charge in [-0.05, 0) is 20.2 Å². The van der Waals surface area contributed by atoms with Crippen molar-refractivity contribution in [3.8, 4) is 10.8 Å². The maximum Gasteiger partial charge on any atom is 0.261 e. The summed E-state index contributed by atoms with van der Waals surface area (Å²) >= 11 is 3.06. The van der Waals surface area contributed by atoms with E-state index in [1.54, 1.807) is 0 Å². The molecule has 0 saturated carbocycles. The fourth-order valence-corrected chi connectivity index (χ4v) is 8.90. The molecule has 0 heterocycles. The van der Waals surface area contributed by atoms with Crippen LogP contribution in [0.5, 0.6) is 0 Å². The lowest BCUT2D eigenvalue weighted by molar-refractivity contribution is -0.136. The summed E-state index contributed by atoms with van der Waals surface area (Å²) in [6, 6.07) is 19.6. The van der Waals surface area contributed by atoms with E-state index in [0.29, 0.717) is 0 Å². The summed E-state index contributed by atoms with van der Waals surface area (Å²) in [5, 5.41) is 52.4. The second kappa shape index (κ2) is 12.2. The predicted octanol–water partition coefficient (Wildman–Crippen LogP) is 1.11. The molecule has 0 aliphatic heterocycles. The van der Waals surface area contributed by atoms with Crippen LogP contribution in [0.3, 0.4) is 0 Å². The molecule has 2 aromatic carbocycles. The van der Waals surface area contributed by atoms with E-state index in [1.165, 1.54) is 0 Å². The minimum absolute atomic E-state index is 0.0654. The minimum atomic E-state index is -3.09. The van der Waals surface area contributed by atoms with Crippen LogP contribution in [0, 0.1) is 10.8 Å². The summed E-state index contributed by atoms with van der Waals surface area (Å²) in [4.78, 5) is 2.61. The van der Waals surface area contributed by atoms with E-state index < -0.39 is 45.4 Å². The zero-order chi connectivity index (χ0) is 24.6. The highest BCUT2D eigenvalue weighted by atomic mass is 79.9. The van der Waals surface area contributed by atoms with Crippen molar-refractivity contribution >= 4 is 34.6 Å². The molecule has 33 heavy (non-hydrogen) atoms. The molecule has 180 valence electrons. The molecule has 0 spiro atoms. The molecule has 0 amide bonds. The van der Waals surface area contributed by atoms with E-state index in [2.05, 4.69) is 47.5 Å². The Kier molecular flexibility index (Phi) is 10.3. The highest BCUT2D eigenvalue weighted by Gasteiger charge is 2.52. The fourth-order valence-electron chi connectivity index (χ4n) is 4.05. The maximum atomic E-state index is 11.1.